The largest absolute Gasteiger partial charge is 0.454 e. The van der Waals surface area contributed by atoms with E-state index in [2.05, 4.69) is 10.2 Å². The number of carbonyl (C=O) groups is 1. The molecule has 2 aliphatic rings. The van der Waals surface area contributed by atoms with E-state index in [4.69, 9.17) is 9.73 Å². The van der Waals surface area contributed by atoms with E-state index in [1.165, 1.54) is 12.1 Å². The molecule has 0 bridgehead atoms. The van der Waals surface area contributed by atoms with Gasteiger partial charge in [-0.25, -0.2) is 14.2 Å². The van der Waals surface area contributed by atoms with E-state index in [9.17, 15) is 9.18 Å². The minimum atomic E-state index is -0.381. The molecule has 162 valence electrons. The molecule has 1 atom stereocenters. The molecule has 0 saturated carbocycles. The fraction of sp³-hybridized carbons (Fsp3) is 0.200. The first kappa shape index (κ1) is 20.1. The Balaban J connectivity index is 1.38. The van der Waals surface area contributed by atoms with Gasteiger partial charge in [-0.15, -0.1) is 0 Å². The predicted molar refractivity (Wildman–Crippen MR) is 122 cm³/mol. The summed E-state index contributed by atoms with van der Waals surface area (Å²) in [4.78, 5) is 21.7. The number of aliphatic imine (C=N–C) groups is 1. The van der Waals surface area contributed by atoms with Crippen LogP contribution in [-0.2, 0) is 0 Å². The monoisotopic (exact) mass is 430 g/mol. The predicted octanol–water partition coefficient (Wildman–Crippen LogP) is 5.25. The van der Waals surface area contributed by atoms with Crippen LogP contribution >= 0.6 is 0 Å². The van der Waals surface area contributed by atoms with E-state index < -0.39 is 0 Å². The van der Waals surface area contributed by atoms with Gasteiger partial charge >= 0.3 is 6.03 Å². The maximum absolute atomic E-state index is 13.5. The van der Waals surface area contributed by atoms with Gasteiger partial charge < -0.3 is 19.9 Å². The van der Waals surface area contributed by atoms with Gasteiger partial charge in [-0.1, -0.05) is 30.3 Å². The Kier molecular flexibility index (Phi) is 5.23. The molecule has 3 aromatic rings. The first-order valence-corrected chi connectivity index (χ1v) is 10.6. The number of piperazine rings is 1. The molecular formula is C25H23FN4O2. The molecule has 6 nitrogen and oxygen atoms in total. The van der Waals surface area contributed by atoms with Gasteiger partial charge in [-0.2, -0.15) is 0 Å². The van der Waals surface area contributed by atoms with Gasteiger partial charge in [-0.05, 0) is 49.4 Å². The fourth-order valence-corrected chi connectivity index (χ4v) is 4.12. The molecule has 2 heterocycles. The van der Waals surface area contributed by atoms with Crippen LogP contribution in [0.15, 0.2) is 77.8 Å². The number of amides is 2. The van der Waals surface area contributed by atoms with Crippen LogP contribution in [0.4, 0.5) is 20.6 Å². The van der Waals surface area contributed by atoms with Crippen molar-refractivity contribution >= 4 is 23.2 Å². The summed E-state index contributed by atoms with van der Waals surface area (Å²) in [5.41, 5.74) is 2.15. The van der Waals surface area contributed by atoms with Gasteiger partial charge in [0.25, 0.3) is 0 Å². The van der Waals surface area contributed by atoms with Gasteiger partial charge in [0.05, 0.1) is 5.56 Å². The van der Waals surface area contributed by atoms with Crippen molar-refractivity contribution in [2.24, 2.45) is 4.99 Å². The molecule has 2 amide bonds. The molecular weight excluding hydrogens is 407 g/mol. The molecule has 0 aromatic heterocycles. The molecule has 5 rings (SSSR count). The summed E-state index contributed by atoms with van der Waals surface area (Å²) in [5, 5.41) is 2.79. The van der Waals surface area contributed by atoms with E-state index in [0.29, 0.717) is 25.3 Å². The first-order valence-electron chi connectivity index (χ1n) is 10.6. The normalized spacial score (nSPS) is 17.4. The second-order valence-corrected chi connectivity index (χ2v) is 7.93. The number of rotatable bonds is 1. The van der Waals surface area contributed by atoms with Crippen LogP contribution < -0.4 is 10.1 Å². The van der Waals surface area contributed by atoms with Gasteiger partial charge in [-0.3, -0.25) is 0 Å². The third kappa shape index (κ3) is 3.89. The zero-order valence-corrected chi connectivity index (χ0v) is 17.7. The van der Waals surface area contributed by atoms with Crippen molar-refractivity contribution in [1.29, 1.82) is 0 Å². The Morgan fingerprint density at radius 2 is 1.81 bits per heavy atom. The standard InChI is InChI=1S/C25H23FN4O2/c1-17-16-29(13-14-30(17)25(31)27-19-8-6-7-18(26)15-19)24-20-9-2-4-11-22(20)32-23-12-5-3-10-21(23)28-24/h2-12,15,17H,13-14,16H2,1H3,(H,27,31). The zero-order chi connectivity index (χ0) is 22.1. The molecule has 2 aliphatic heterocycles. The Bertz CT molecular complexity index is 1200. The number of para-hydroxylation sites is 3. The highest BCUT2D eigenvalue weighted by Crippen LogP contribution is 2.38. The number of nitrogens with one attached hydrogen (secondary N) is 1. The van der Waals surface area contributed by atoms with E-state index in [1.54, 1.807) is 17.0 Å². The highest BCUT2D eigenvalue weighted by Gasteiger charge is 2.31. The average molecular weight is 430 g/mol. The molecule has 0 spiro atoms. The van der Waals surface area contributed by atoms with Crippen molar-refractivity contribution in [2.45, 2.75) is 13.0 Å². The number of benzene rings is 3. The average Bonchev–Trinajstić information content (AvgIpc) is 2.95. The molecule has 7 heteroatoms. The maximum atomic E-state index is 13.5. The second kappa shape index (κ2) is 8.34. The second-order valence-electron chi connectivity index (χ2n) is 7.93. The molecule has 0 radical (unpaired) electrons. The summed E-state index contributed by atoms with van der Waals surface area (Å²) in [6, 6.07) is 21.2. The lowest BCUT2D eigenvalue weighted by molar-refractivity contribution is 0.145. The number of amidine groups is 1. The number of carbonyl (C=O) groups excluding carboxylic acids is 1. The number of urea groups is 1. The lowest BCUT2D eigenvalue weighted by Crippen LogP contribution is -2.56. The van der Waals surface area contributed by atoms with E-state index >= 15 is 0 Å². The van der Waals surface area contributed by atoms with Gasteiger partial charge in [0.15, 0.2) is 5.75 Å². The van der Waals surface area contributed by atoms with E-state index in [1.807, 2.05) is 55.5 Å². The number of hydrogen-bond donors (Lipinski definition) is 1. The molecule has 1 fully saturated rings. The summed E-state index contributed by atoms with van der Waals surface area (Å²) in [5.74, 6) is 1.93. The van der Waals surface area contributed by atoms with Gasteiger partial charge in [0.2, 0.25) is 0 Å². The number of ether oxygens (including phenoxy) is 1. The lowest BCUT2D eigenvalue weighted by Gasteiger charge is -2.41. The third-order valence-corrected chi connectivity index (χ3v) is 5.70. The molecule has 0 aliphatic carbocycles. The SMILES string of the molecule is CC1CN(C2=Nc3ccccc3Oc3ccccc32)CCN1C(=O)Nc1cccc(F)c1. The van der Waals surface area contributed by atoms with Crippen molar-refractivity contribution in [3.05, 3.63) is 84.2 Å². The van der Waals surface area contributed by atoms with Crippen molar-refractivity contribution in [2.75, 3.05) is 25.0 Å². The van der Waals surface area contributed by atoms with E-state index in [0.717, 1.165) is 28.6 Å². The smallest absolute Gasteiger partial charge is 0.322 e. The number of hydrogen-bond acceptors (Lipinski definition) is 4. The quantitative estimate of drug-likeness (QED) is 0.574. The van der Waals surface area contributed by atoms with Gasteiger partial charge in [0, 0.05) is 31.4 Å². The third-order valence-electron chi connectivity index (χ3n) is 5.70. The summed E-state index contributed by atoms with van der Waals surface area (Å²) < 4.78 is 19.6. The maximum Gasteiger partial charge on any atom is 0.322 e. The Morgan fingerprint density at radius 3 is 2.62 bits per heavy atom. The Labute approximate surface area is 185 Å². The topological polar surface area (TPSA) is 57.2 Å². The first-order chi connectivity index (χ1) is 15.6. The van der Waals surface area contributed by atoms with Crippen LogP contribution in [0.5, 0.6) is 11.5 Å². The molecule has 3 aromatic carbocycles. The summed E-state index contributed by atoms with van der Waals surface area (Å²) >= 11 is 0. The van der Waals surface area contributed by atoms with Crippen molar-refractivity contribution in [1.82, 2.24) is 9.80 Å². The molecule has 1 unspecified atom stereocenters. The van der Waals surface area contributed by atoms with Crippen LogP contribution in [0, 0.1) is 5.82 Å². The minimum Gasteiger partial charge on any atom is -0.454 e. The molecule has 1 N–H and O–H groups in total. The number of halogens is 1. The number of nitrogens with zero attached hydrogens (tertiary/aromatic N) is 3. The van der Waals surface area contributed by atoms with Crippen molar-refractivity contribution in [3.8, 4) is 11.5 Å². The molecule has 32 heavy (non-hydrogen) atoms. The van der Waals surface area contributed by atoms with Crippen LogP contribution in [0.2, 0.25) is 0 Å². The number of fused-ring (bicyclic) bond motifs is 2. The van der Waals surface area contributed by atoms with Crippen LogP contribution in [0.3, 0.4) is 0 Å². The number of anilines is 1. The lowest BCUT2D eigenvalue weighted by atomic mass is 10.1. The Hall–Kier alpha value is -3.87. The highest BCUT2D eigenvalue weighted by atomic mass is 19.1. The fourth-order valence-electron chi connectivity index (χ4n) is 4.12. The minimum absolute atomic E-state index is 0.0633. The van der Waals surface area contributed by atoms with Gasteiger partial charge in [0.1, 0.15) is 23.1 Å². The molecule has 1 saturated heterocycles. The van der Waals surface area contributed by atoms with Crippen molar-refractivity contribution in [3.63, 3.8) is 0 Å². The van der Waals surface area contributed by atoms with E-state index in [-0.39, 0.29) is 17.9 Å². The highest BCUT2D eigenvalue weighted by molar-refractivity contribution is 6.04. The van der Waals surface area contributed by atoms with Crippen LogP contribution in [-0.4, -0.2) is 47.3 Å². The zero-order valence-electron chi connectivity index (χ0n) is 17.7. The van der Waals surface area contributed by atoms with Crippen molar-refractivity contribution < 1.29 is 13.9 Å². The summed E-state index contributed by atoms with van der Waals surface area (Å²) in [6.07, 6.45) is 0. The summed E-state index contributed by atoms with van der Waals surface area (Å²) in [7, 11) is 0. The Morgan fingerprint density at radius 1 is 1.03 bits per heavy atom. The summed E-state index contributed by atoms with van der Waals surface area (Å²) in [6.45, 7) is 3.76. The van der Waals surface area contributed by atoms with Crippen LogP contribution in [0.1, 0.15) is 12.5 Å². The van der Waals surface area contributed by atoms with Crippen LogP contribution in [0.25, 0.3) is 0 Å².